The van der Waals surface area contributed by atoms with E-state index in [0.29, 0.717) is 5.41 Å². The average molecular weight is 772 g/mol. The van der Waals surface area contributed by atoms with Gasteiger partial charge in [0, 0.05) is 27.7 Å². The predicted molar refractivity (Wildman–Crippen MR) is 237 cm³/mol. The molecule has 5 saturated carbocycles. The highest BCUT2D eigenvalue weighted by atomic mass is 16.5. The number of hydrogen-bond donors (Lipinski definition) is 0. The van der Waals surface area contributed by atoms with Crippen molar-refractivity contribution in [1.82, 2.24) is 15.0 Å². The molecule has 7 aliphatic rings. The van der Waals surface area contributed by atoms with Crippen molar-refractivity contribution in [3.05, 3.63) is 198 Å². The van der Waals surface area contributed by atoms with Gasteiger partial charge in [0.05, 0.1) is 5.41 Å². The van der Waals surface area contributed by atoms with Gasteiger partial charge in [-0.2, -0.15) is 0 Å². The van der Waals surface area contributed by atoms with E-state index >= 15 is 0 Å². The van der Waals surface area contributed by atoms with Crippen LogP contribution in [0.2, 0.25) is 0 Å². The highest BCUT2D eigenvalue weighted by molar-refractivity contribution is 5.97. The van der Waals surface area contributed by atoms with Crippen LogP contribution in [-0.4, -0.2) is 15.0 Å². The monoisotopic (exact) mass is 771 g/mol. The molecule has 2 spiro atoms. The summed E-state index contributed by atoms with van der Waals surface area (Å²) in [6, 6.07) is 61.3. The fraction of sp³-hybridized carbons (Fsp3) is 0.196. The largest absolute Gasteiger partial charge is 0.457 e. The Balaban J connectivity index is 0.935. The average Bonchev–Trinajstić information content (AvgIpc) is 4.04. The van der Waals surface area contributed by atoms with Gasteiger partial charge in [-0.3, -0.25) is 0 Å². The lowest BCUT2D eigenvalue weighted by Crippen LogP contribution is -2.38. The number of para-hydroxylation sites is 2. The second-order valence-electron chi connectivity index (χ2n) is 18.6. The Morgan fingerprint density at radius 3 is 1.83 bits per heavy atom. The van der Waals surface area contributed by atoms with Crippen LogP contribution in [0.5, 0.6) is 11.5 Å². The SMILES string of the molecule is c1ccc(-c2ccc(-c3nc(-c4cccc(-c5cccc6c5-c5ccccc5C65c6ccccc6Oc6ccccc65)c4)nc(C45CC6C7C[C@@H](C4)C6(C7)C5)n3)cc2)cc1. The van der Waals surface area contributed by atoms with Gasteiger partial charge in [-0.1, -0.05) is 152 Å². The number of aromatic nitrogens is 3. The number of rotatable bonds is 5. The second kappa shape index (κ2) is 11.8. The van der Waals surface area contributed by atoms with E-state index in [4.69, 9.17) is 19.7 Å². The highest BCUT2D eigenvalue weighted by Gasteiger charge is 2.77. The van der Waals surface area contributed by atoms with E-state index in [-0.39, 0.29) is 5.41 Å². The molecular weight excluding hydrogens is 731 g/mol. The zero-order chi connectivity index (χ0) is 39.2. The molecule has 4 unspecified atom stereocenters. The first kappa shape index (κ1) is 33.2. The van der Waals surface area contributed by atoms with E-state index in [9.17, 15) is 0 Å². The van der Waals surface area contributed by atoms with E-state index in [2.05, 4.69) is 170 Å². The summed E-state index contributed by atoms with van der Waals surface area (Å²) >= 11 is 0. The molecule has 1 aliphatic heterocycles. The van der Waals surface area contributed by atoms with Crippen LogP contribution >= 0.6 is 0 Å². The van der Waals surface area contributed by atoms with Crippen LogP contribution in [0, 0.1) is 23.2 Å². The van der Waals surface area contributed by atoms with Crippen LogP contribution in [0.1, 0.15) is 60.2 Å². The van der Waals surface area contributed by atoms with Gasteiger partial charge in [-0.05, 0) is 118 Å². The molecule has 4 heteroatoms. The van der Waals surface area contributed by atoms with Gasteiger partial charge < -0.3 is 4.74 Å². The van der Waals surface area contributed by atoms with Gasteiger partial charge in [0.15, 0.2) is 11.6 Å². The molecule has 8 aromatic rings. The third-order valence-corrected chi connectivity index (χ3v) is 15.9. The molecule has 7 aromatic carbocycles. The number of ether oxygens (including phenoxy) is 1. The first-order valence-electron chi connectivity index (χ1n) is 21.7. The van der Waals surface area contributed by atoms with E-state index in [1.165, 1.54) is 82.2 Å². The number of benzene rings is 7. The van der Waals surface area contributed by atoms with Crippen LogP contribution in [0.25, 0.3) is 56.2 Å². The molecule has 286 valence electrons. The summed E-state index contributed by atoms with van der Waals surface area (Å²) < 4.78 is 6.61. The molecule has 5 fully saturated rings. The molecule has 1 aromatic heterocycles. The van der Waals surface area contributed by atoms with Crippen LogP contribution in [-0.2, 0) is 10.8 Å². The molecule has 15 rings (SSSR count). The Hall–Kier alpha value is -6.65. The number of fused-ring (bicyclic) bond motifs is 10. The van der Waals surface area contributed by atoms with Crippen molar-refractivity contribution in [2.45, 2.75) is 42.9 Å². The van der Waals surface area contributed by atoms with E-state index in [1.54, 1.807) is 0 Å². The molecule has 0 N–H and O–H groups in total. The fourth-order valence-corrected chi connectivity index (χ4v) is 13.7. The molecule has 6 aliphatic carbocycles. The molecule has 2 heterocycles. The van der Waals surface area contributed by atoms with Gasteiger partial charge in [0.1, 0.15) is 17.3 Å². The Kier molecular flexibility index (Phi) is 6.51. The molecule has 0 amide bonds. The first-order chi connectivity index (χ1) is 29.6. The van der Waals surface area contributed by atoms with Crippen LogP contribution < -0.4 is 4.74 Å². The maximum atomic E-state index is 6.61. The normalized spacial score (nSPS) is 24.9. The Morgan fingerprint density at radius 1 is 0.467 bits per heavy atom. The Bertz CT molecular complexity index is 3040. The lowest BCUT2D eigenvalue weighted by Gasteiger charge is -2.45. The van der Waals surface area contributed by atoms with Crippen molar-refractivity contribution < 1.29 is 4.74 Å². The predicted octanol–water partition coefficient (Wildman–Crippen LogP) is 13.1. The summed E-state index contributed by atoms with van der Waals surface area (Å²) in [5.41, 5.74) is 14.3. The van der Waals surface area contributed by atoms with Gasteiger partial charge in [-0.15, -0.1) is 0 Å². The summed E-state index contributed by atoms with van der Waals surface area (Å²) in [5.74, 6) is 6.98. The van der Waals surface area contributed by atoms with Crippen LogP contribution in [0.3, 0.4) is 0 Å². The first-order valence-corrected chi connectivity index (χ1v) is 21.7. The minimum absolute atomic E-state index is 0.0448. The standard InChI is InChI=1S/C56H41N3O/c1-2-12-34(13-3-1)35-24-26-36(27-25-35)51-57-52(59-53(58-51)54-31-40-29-39-30-55(40,33-54)47(39)32-54)38-15-10-14-37(28-38)41-17-11-21-46-50(41)42-16-4-5-18-43(42)56(46)44-19-6-8-22-48(44)60-49-23-9-7-20-45(49)56/h1-28,39-40,47H,29-33H2/t39?,40-,47?,54?,55?/m0/s1. The third kappa shape index (κ3) is 4.23. The highest BCUT2D eigenvalue weighted by Crippen LogP contribution is 2.83. The smallest absolute Gasteiger partial charge is 0.163 e. The van der Waals surface area contributed by atoms with Crippen molar-refractivity contribution in [2.24, 2.45) is 23.2 Å². The summed E-state index contributed by atoms with van der Waals surface area (Å²) in [7, 11) is 0. The summed E-state index contributed by atoms with van der Waals surface area (Å²) in [6.07, 6.45) is 6.55. The zero-order valence-corrected chi connectivity index (χ0v) is 33.2. The molecule has 0 saturated heterocycles. The third-order valence-electron chi connectivity index (χ3n) is 15.9. The van der Waals surface area contributed by atoms with Gasteiger partial charge in [0.25, 0.3) is 0 Å². The van der Waals surface area contributed by atoms with Crippen LogP contribution in [0.4, 0.5) is 0 Å². The minimum atomic E-state index is -0.516. The van der Waals surface area contributed by atoms with Gasteiger partial charge >= 0.3 is 0 Å². The maximum absolute atomic E-state index is 6.61. The van der Waals surface area contributed by atoms with Crippen molar-refractivity contribution in [1.29, 1.82) is 0 Å². The Morgan fingerprint density at radius 2 is 1.07 bits per heavy atom. The molecular formula is C56H41N3O. The van der Waals surface area contributed by atoms with Crippen LogP contribution in [0.15, 0.2) is 170 Å². The second-order valence-corrected chi connectivity index (χ2v) is 18.6. The van der Waals surface area contributed by atoms with Gasteiger partial charge in [0.2, 0.25) is 0 Å². The number of hydrogen-bond acceptors (Lipinski definition) is 4. The van der Waals surface area contributed by atoms with E-state index in [1.807, 2.05) is 0 Å². The van der Waals surface area contributed by atoms with Crippen molar-refractivity contribution in [3.63, 3.8) is 0 Å². The topological polar surface area (TPSA) is 47.9 Å². The molecule has 0 radical (unpaired) electrons. The lowest BCUT2D eigenvalue weighted by atomic mass is 9.60. The maximum Gasteiger partial charge on any atom is 0.163 e. The molecule has 60 heavy (non-hydrogen) atoms. The minimum Gasteiger partial charge on any atom is -0.457 e. The number of nitrogens with zero attached hydrogens (tertiary/aromatic N) is 3. The molecule has 4 nitrogen and oxygen atoms in total. The summed E-state index contributed by atoms with van der Waals surface area (Å²) in [4.78, 5) is 16.3. The van der Waals surface area contributed by atoms with E-state index < -0.39 is 5.41 Å². The molecule has 5 atom stereocenters. The van der Waals surface area contributed by atoms with E-state index in [0.717, 1.165) is 63.4 Å². The quantitative estimate of drug-likeness (QED) is 0.175. The van der Waals surface area contributed by atoms with Crippen molar-refractivity contribution >= 4 is 0 Å². The Labute approximate surface area is 350 Å². The van der Waals surface area contributed by atoms with Gasteiger partial charge in [-0.25, -0.2) is 15.0 Å². The summed E-state index contributed by atoms with van der Waals surface area (Å²) in [6.45, 7) is 0. The zero-order valence-electron chi connectivity index (χ0n) is 33.2. The molecule has 3 bridgehead atoms. The summed E-state index contributed by atoms with van der Waals surface area (Å²) in [5, 5.41) is 0. The lowest BCUT2D eigenvalue weighted by molar-refractivity contribution is 0.0379. The van der Waals surface area contributed by atoms with Crippen molar-refractivity contribution in [2.75, 3.05) is 0 Å². The van der Waals surface area contributed by atoms with Crippen molar-refractivity contribution in [3.8, 4) is 67.7 Å². The fourth-order valence-electron chi connectivity index (χ4n) is 13.7.